The number of allylic oxidation sites excluding steroid dienone is 1. The van der Waals surface area contributed by atoms with Crippen molar-refractivity contribution in [3.8, 4) is 0 Å². The van der Waals surface area contributed by atoms with Crippen molar-refractivity contribution in [2.75, 3.05) is 17.2 Å². The van der Waals surface area contributed by atoms with Gasteiger partial charge in [-0.05, 0) is 47.0 Å². The lowest BCUT2D eigenvalue weighted by Crippen LogP contribution is -2.11. The summed E-state index contributed by atoms with van der Waals surface area (Å²) in [5.41, 5.74) is 1.13. The molecule has 3 N–H and O–H groups in total. The summed E-state index contributed by atoms with van der Waals surface area (Å²) in [6, 6.07) is 2.06. The molecule has 1 atom stereocenters. The van der Waals surface area contributed by atoms with Crippen molar-refractivity contribution in [1.82, 2.24) is 20.2 Å². The first-order valence-corrected chi connectivity index (χ1v) is 9.91. The number of hydrogen-bond acceptors (Lipinski definition) is 6. The fraction of sp³-hybridized carbons (Fsp3) is 0.438. The van der Waals surface area contributed by atoms with E-state index in [-0.39, 0.29) is 0 Å². The molecule has 126 valence electrons. The molecule has 2 aromatic heterocycles. The highest BCUT2D eigenvalue weighted by molar-refractivity contribution is 9.10. The van der Waals surface area contributed by atoms with Gasteiger partial charge in [-0.15, -0.1) is 11.8 Å². The van der Waals surface area contributed by atoms with Gasteiger partial charge in [-0.3, -0.25) is 5.10 Å². The fourth-order valence-electron chi connectivity index (χ4n) is 2.62. The Morgan fingerprint density at radius 1 is 1.38 bits per heavy atom. The summed E-state index contributed by atoms with van der Waals surface area (Å²) in [4.78, 5) is 8.88. The zero-order chi connectivity index (χ0) is 16.4. The van der Waals surface area contributed by atoms with Gasteiger partial charge in [0.05, 0.1) is 10.2 Å². The van der Waals surface area contributed by atoms with Gasteiger partial charge < -0.3 is 10.6 Å². The normalized spacial score (nSPS) is 19.6. The van der Waals surface area contributed by atoms with Crippen LogP contribution < -0.4 is 10.6 Å². The number of halogens is 1. The van der Waals surface area contributed by atoms with Crippen LogP contribution in [0.25, 0.3) is 0 Å². The van der Waals surface area contributed by atoms with Gasteiger partial charge >= 0.3 is 0 Å². The van der Waals surface area contributed by atoms with Gasteiger partial charge in [0.1, 0.15) is 5.82 Å². The van der Waals surface area contributed by atoms with Crippen LogP contribution in [0.1, 0.15) is 37.3 Å². The van der Waals surface area contributed by atoms with Crippen molar-refractivity contribution in [2.24, 2.45) is 0 Å². The summed E-state index contributed by atoms with van der Waals surface area (Å²) in [6.07, 6.45) is 8.73. The van der Waals surface area contributed by atoms with Crippen LogP contribution in [0.4, 0.5) is 17.6 Å². The molecule has 1 saturated carbocycles. The molecule has 3 heterocycles. The van der Waals surface area contributed by atoms with Gasteiger partial charge in [0, 0.05) is 30.0 Å². The molecule has 24 heavy (non-hydrogen) atoms. The molecule has 0 amide bonds. The monoisotopic (exact) mass is 406 g/mol. The Hall–Kier alpha value is -1.54. The summed E-state index contributed by atoms with van der Waals surface area (Å²) in [5.74, 6) is 2.86. The van der Waals surface area contributed by atoms with E-state index in [4.69, 9.17) is 0 Å². The van der Waals surface area contributed by atoms with Crippen LogP contribution in [0.15, 0.2) is 28.2 Å². The molecule has 2 aromatic rings. The average molecular weight is 407 g/mol. The number of anilines is 3. The minimum atomic E-state index is 0.630. The van der Waals surface area contributed by atoms with Crippen LogP contribution in [0.3, 0.4) is 0 Å². The Morgan fingerprint density at radius 2 is 2.29 bits per heavy atom. The SMILES string of the molecule is Brc1cnc(NCCC2CC=CS2)nc1Nc1cc(C2CC2)n[nH]1. The molecule has 0 saturated heterocycles. The van der Waals surface area contributed by atoms with Crippen LogP contribution in [0.5, 0.6) is 0 Å². The second-order valence-electron chi connectivity index (χ2n) is 6.08. The fourth-order valence-corrected chi connectivity index (χ4v) is 3.83. The van der Waals surface area contributed by atoms with E-state index >= 15 is 0 Å². The van der Waals surface area contributed by atoms with Crippen LogP contribution in [0.2, 0.25) is 0 Å². The highest BCUT2D eigenvalue weighted by atomic mass is 79.9. The van der Waals surface area contributed by atoms with Gasteiger partial charge in [0.25, 0.3) is 0 Å². The predicted octanol–water partition coefficient (Wildman–Crippen LogP) is 4.40. The number of H-pyrrole nitrogens is 1. The van der Waals surface area contributed by atoms with E-state index < -0.39 is 0 Å². The minimum absolute atomic E-state index is 0.630. The maximum absolute atomic E-state index is 4.55. The zero-order valence-electron chi connectivity index (χ0n) is 13.1. The molecular weight excluding hydrogens is 388 g/mol. The molecular formula is C16H19BrN6S. The minimum Gasteiger partial charge on any atom is -0.354 e. The first-order valence-electron chi connectivity index (χ1n) is 8.17. The largest absolute Gasteiger partial charge is 0.354 e. The molecule has 2 aliphatic rings. The highest BCUT2D eigenvalue weighted by Gasteiger charge is 2.26. The lowest BCUT2D eigenvalue weighted by molar-refractivity contribution is 0.802. The smallest absolute Gasteiger partial charge is 0.224 e. The molecule has 0 spiro atoms. The first kappa shape index (κ1) is 16.0. The Balaban J connectivity index is 1.36. The lowest BCUT2D eigenvalue weighted by Gasteiger charge is -2.11. The van der Waals surface area contributed by atoms with Gasteiger partial charge in [0.15, 0.2) is 5.82 Å². The van der Waals surface area contributed by atoms with Crippen LogP contribution >= 0.6 is 27.7 Å². The van der Waals surface area contributed by atoms with E-state index in [9.17, 15) is 0 Å². The third-order valence-electron chi connectivity index (χ3n) is 4.11. The number of nitrogens with zero attached hydrogens (tertiary/aromatic N) is 3. The first-order chi connectivity index (χ1) is 11.8. The summed E-state index contributed by atoms with van der Waals surface area (Å²) >= 11 is 5.40. The van der Waals surface area contributed by atoms with Crippen LogP contribution in [-0.4, -0.2) is 32.0 Å². The second-order valence-corrected chi connectivity index (χ2v) is 8.14. The van der Waals surface area contributed by atoms with E-state index in [1.165, 1.54) is 12.8 Å². The van der Waals surface area contributed by atoms with Crippen molar-refractivity contribution in [3.05, 3.63) is 33.9 Å². The molecule has 6 nitrogen and oxygen atoms in total. The Kier molecular flexibility index (Phi) is 4.75. The lowest BCUT2D eigenvalue weighted by atomic mass is 10.2. The molecule has 1 aliphatic carbocycles. The number of aromatic amines is 1. The number of thioether (sulfide) groups is 1. The molecule has 0 aromatic carbocycles. The summed E-state index contributed by atoms with van der Waals surface area (Å²) in [5, 5.41) is 16.8. The van der Waals surface area contributed by atoms with Crippen molar-refractivity contribution in [3.63, 3.8) is 0 Å². The van der Waals surface area contributed by atoms with Gasteiger partial charge in [-0.1, -0.05) is 6.08 Å². The maximum atomic E-state index is 4.55. The summed E-state index contributed by atoms with van der Waals surface area (Å²) in [7, 11) is 0. The van der Waals surface area contributed by atoms with Crippen LogP contribution in [-0.2, 0) is 0 Å². The van der Waals surface area contributed by atoms with Crippen molar-refractivity contribution in [2.45, 2.75) is 36.9 Å². The Bertz CT molecular complexity index is 734. The van der Waals surface area contributed by atoms with E-state index in [2.05, 4.69) is 64.3 Å². The van der Waals surface area contributed by atoms with Gasteiger partial charge in [-0.2, -0.15) is 10.1 Å². The van der Waals surface area contributed by atoms with Crippen molar-refractivity contribution >= 4 is 45.3 Å². The van der Waals surface area contributed by atoms with E-state index in [1.54, 1.807) is 6.20 Å². The highest BCUT2D eigenvalue weighted by Crippen LogP contribution is 2.39. The van der Waals surface area contributed by atoms with Crippen molar-refractivity contribution < 1.29 is 0 Å². The number of hydrogen-bond donors (Lipinski definition) is 3. The van der Waals surface area contributed by atoms with E-state index in [0.29, 0.717) is 17.1 Å². The predicted molar refractivity (Wildman–Crippen MR) is 102 cm³/mol. The van der Waals surface area contributed by atoms with E-state index in [0.717, 1.165) is 41.2 Å². The molecule has 8 heteroatoms. The van der Waals surface area contributed by atoms with Crippen molar-refractivity contribution in [1.29, 1.82) is 0 Å². The topological polar surface area (TPSA) is 78.5 Å². The number of rotatable bonds is 7. The third-order valence-corrected chi connectivity index (χ3v) is 5.85. The molecule has 0 bridgehead atoms. The summed E-state index contributed by atoms with van der Waals surface area (Å²) < 4.78 is 0.825. The zero-order valence-corrected chi connectivity index (χ0v) is 15.5. The molecule has 0 radical (unpaired) electrons. The molecule has 1 unspecified atom stereocenters. The maximum Gasteiger partial charge on any atom is 0.224 e. The third kappa shape index (κ3) is 3.92. The standard InChI is InChI=1S/C16H19BrN6S/c17-12-9-19-16(18-6-5-11-2-1-7-24-11)21-15(12)20-14-8-13(22-23-14)10-3-4-10/h1,7-11H,2-6H2,(H3,18,19,20,21,22,23). The second kappa shape index (κ2) is 7.14. The Labute approximate surface area is 153 Å². The van der Waals surface area contributed by atoms with Gasteiger partial charge in [0.2, 0.25) is 5.95 Å². The van der Waals surface area contributed by atoms with Gasteiger partial charge in [-0.25, -0.2) is 4.98 Å². The molecule has 1 fully saturated rings. The molecule has 4 rings (SSSR count). The average Bonchev–Trinajstić information content (AvgIpc) is 3.10. The summed E-state index contributed by atoms with van der Waals surface area (Å²) in [6.45, 7) is 0.871. The quantitative estimate of drug-likeness (QED) is 0.631. The number of nitrogens with one attached hydrogen (secondary N) is 3. The number of aromatic nitrogens is 4. The van der Waals surface area contributed by atoms with E-state index in [1.807, 2.05) is 11.8 Å². The van der Waals surface area contributed by atoms with Crippen LogP contribution in [0, 0.1) is 0 Å². The Morgan fingerprint density at radius 3 is 3.08 bits per heavy atom. The molecule has 1 aliphatic heterocycles.